The summed E-state index contributed by atoms with van der Waals surface area (Å²) >= 11 is 6.03. The summed E-state index contributed by atoms with van der Waals surface area (Å²) in [6, 6.07) is 13.9. The second-order valence-electron chi connectivity index (χ2n) is 4.85. The highest BCUT2D eigenvalue weighted by molar-refractivity contribution is 6.31. The fourth-order valence-corrected chi connectivity index (χ4v) is 1.93. The van der Waals surface area contributed by atoms with Crippen molar-refractivity contribution in [3.8, 4) is 6.07 Å². The topological polar surface area (TPSA) is 90.9 Å². The van der Waals surface area contributed by atoms with Gasteiger partial charge in [0.05, 0.1) is 0 Å². The third-order valence-electron chi connectivity index (χ3n) is 3.09. The number of rotatable bonds is 4. The van der Waals surface area contributed by atoms with Crippen molar-refractivity contribution >= 4 is 34.6 Å². The van der Waals surface area contributed by atoms with Crippen LogP contribution in [0.1, 0.15) is 5.56 Å². The molecule has 0 fully saturated rings. The van der Waals surface area contributed by atoms with E-state index in [1.54, 1.807) is 30.3 Å². The summed E-state index contributed by atoms with van der Waals surface area (Å²) in [6.45, 7) is 1.89. The molecular formula is C17H15ClN4O. The Bertz CT molecular complexity index is 791. The molecule has 0 bridgehead atoms. The van der Waals surface area contributed by atoms with E-state index in [2.05, 4.69) is 10.6 Å². The lowest BCUT2D eigenvalue weighted by Crippen LogP contribution is -2.14. The van der Waals surface area contributed by atoms with E-state index in [9.17, 15) is 4.79 Å². The number of halogens is 1. The minimum absolute atomic E-state index is 0.0569. The Morgan fingerprint density at radius 3 is 2.48 bits per heavy atom. The average Bonchev–Trinajstić information content (AvgIpc) is 2.53. The van der Waals surface area contributed by atoms with E-state index in [4.69, 9.17) is 22.6 Å². The van der Waals surface area contributed by atoms with Gasteiger partial charge < -0.3 is 16.4 Å². The summed E-state index contributed by atoms with van der Waals surface area (Å²) < 4.78 is 0. The number of carbonyl (C=O) groups excluding carboxylic acids is 1. The van der Waals surface area contributed by atoms with E-state index >= 15 is 0 Å². The van der Waals surface area contributed by atoms with E-state index in [0.717, 1.165) is 5.56 Å². The van der Waals surface area contributed by atoms with Crippen LogP contribution in [-0.4, -0.2) is 5.91 Å². The molecule has 116 valence electrons. The number of nitrogens with zero attached hydrogens (tertiary/aromatic N) is 1. The van der Waals surface area contributed by atoms with E-state index in [-0.39, 0.29) is 5.57 Å². The van der Waals surface area contributed by atoms with Gasteiger partial charge in [-0.3, -0.25) is 4.79 Å². The number of amides is 1. The highest BCUT2D eigenvalue weighted by atomic mass is 35.5. The second kappa shape index (κ2) is 7.34. The molecule has 23 heavy (non-hydrogen) atoms. The number of anilines is 3. The number of nitriles is 1. The maximum atomic E-state index is 12.1. The molecule has 4 N–H and O–H groups in total. The molecule has 5 nitrogen and oxygen atoms in total. The first kappa shape index (κ1) is 16.4. The largest absolute Gasteiger partial charge is 0.399 e. The van der Waals surface area contributed by atoms with Gasteiger partial charge in [0.1, 0.15) is 11.6 Å². The molecule has 1 amide bonds. The van der Waals surface area contributed by atoms with Crippen LogP contribution in [0.25, 0.3) is 0 Å². The lowest BCUT2D eigenvalue weighted by atomic mass is 10.2. The molecule has 0 atom stereocenters. The number of nitrogen functional groups attached to an aromatic ring is 1. The zero-order valence-corrected chi connectivity index (χ0v) is 13.2. The highest BCUT2D eigenvalue weighted by Crippen LogP contribution is 2.20. The Hall–Kier alpha value is -2.97. The van der Waals surface area contributed by atoms with Crippen LogP contribution < -0.4 is 16.4 Å². The van der Waals surface area contributed by atoms with Crippen LogP contribution in [0.15, 0.2) is 54.2 Å². The third-order valence-corrected chi connectivity index (χ3v) is 3.50. The van der Waals surface area contributed by atoms with Crippen molar-refractivity contribution in [2.24, 2.45) is 0 Å². The molecule has 0 aliphatic carbocycles. The average molecular weight is 327 g/mol. The Labute approximate surface area is 139 Å². The van der Waals surface area contributed by atoms with Gasteiger partial charge in [-0.05, 0) is 48.9 Å². The number of aryl methyl sites for hydroxylation is 1. The predicted octanol–water partition coefficient (Wildman–Crippen LogP) is 3.69. The molecule has 0 aromatic heterocycles. The van der Waals surface area contributed by atoms with Crippen molar-refractivity contribution in [1.29, 1.82) is 5.26 Å². The Balaban J connectivity index is 2.08. The first-order valence-electron chi connectivity index (χ1n) is 6.79. The summed E-state index contributed by atoms with van der Waals surface area (Å²) in [5, 5.41) is 15.3. The van der Waals surface area contributed by atoms with Gasteiger partial charge in [0, 0.05) is 28.3 Å². The van der Waals surface area contributed by atoms with Gasteiger partial charge in [-0.15, -0.1) is 0 Å². The number of nitrogens with two attached hydrogens (primary N) is 1. The van der Waals surface area contributed by atoms with Crippen molar-refractivity contribution in [1.82, 2.24) is 0 Å². The van der Waals surface area contributed by atoms with Gasteiger partial charge >= 0.3 is 0 Å². The zero-order valence-electron chi connectivity index (χ0n) is 12.4. The van der Waals surface area contributed by atoms with Crippen LogP contribution in [0.2, 0.25) is 5.02 Å². The Morgan fingerprint density at radius 2 is 1.87 bits per heavy atom. The van der Waals surface area contributed by atoms with Crippen LogP contribution >= 0.6 is 11.6 Å². The summed E-state index contributed by atoms with van der Waals surface area (Å²) in [7, 11) is 0. The molecule has 6 heteroatoms. The molecular weight excluding hydrogens is 312 g/mol. The lowest BCUT2D eigenvalue weighted by molar-refractivity contribution is -0.112. The summed E-state index contributed by atoms with van der Waals surface area (Å²) in [6.07, 6.45) is 1.34. The van der Waals surface area contributed by atoms with E-state index in [1.807, 2.05) is 25.1 Å². The predicted molar refractivity (Wildman–Crippen MR) is 93.0 cm³/mol. The molecule has 0 radical (unpaired) electrons. The van der Waals surface area contributed by atoms with Crippen molar-refractivity contribution in [2.45, 2.75) is 6.92 Å². The van der Waals surface area contributed by atoms with Crippen LogP contribution in [0.5, 0.6) is 0 Å². The quantitative estimate of drug-likeness (QED) is 0.454. The molecule has 2 aromatic carbocycles. The van der Waals surface area contributed by atoms with Gasteiger partial charge in [-0.1, -0.05) is 17.7 Å². The van der Waals surface area contributed by atoms with Crippen molar-refractivity contribution < 1.29 is 4.79 Å². The van der Waals surface area contributed by atoms with Crippen molar-refractivity contribution in [3.63, 3.8) is 0 Å². The standard InChI is InChI=1S/C17H15ClN4O/c1-11-2-5-15(8-16(11)18)21-10-12(9-19)17(23)22-14-6-3-13(20)4-7-14/h2-8,10,21H,20H2,1H3,(H,22,23)/b12-10-. The van der Waals surface area contributed by atoms with Gasteiger partial charge in [0.25, 0.3) is 5.91 Å². The lowest BCUT2D eigenvalue weighted by Gasteiger charge is -2.06. The number of hydrogen-bond donors (Lipinski definition) is 3. The molecule has 0 spiro atoms. The molecule has 0 heterocycles. The van der Waals surface area contributed by atoms with Crippen LogP contribution in [0.3, 0.4) is 0 Å². The van der Waals surface area contributed by atoms with E-state index in [1.165, 1.54) is 6.20 Å². The third kappa shape index (κ3) is 4.50. The first-order chi connectivity index (χ1) is 11.0. The molecule has 0 aliphatic rings. The van der Waals surface area contributed by atoms with Gasteiger partial charge in [-0.2, -0.15) is 5.26 Å². The van der Waals surface area contributed by atoms with Crippen LogP contribution in [-0.2, 0) is 4.79 Å². The maximum Gasteiger partial charge on any atom is 0.267 e. The molecule has 0 unspecified atom stereocenters. The summed E-state index contributed by atoms with van der Waals surface area (Å²) in [5.74, 6) is -0.511. The maximum absolute atomic E-state index is 12.1. The Kier molecular flexibility index (Phi) is 5.23. The van der Waals surface area contributed by atoms with Crippen molar-refractivity contribution in [2.75, 3.05) is 16.4 Å². The van der Waals surface area contributed by atoms with Gasteiger partial charge in [0.2, 0.25) is 0 Å². The molecule has 0 aliphatic heterocycles. The van der Waals surface area contributed by atoms with Crippen molar-refractivity contribution in [3.05, 3.63) is 64.8 Å². The molecule has 2 aromatic rings. The normalized spacial score (nSPS) is 10.7. The summed E-state index contributed by atoms with van der Waals surface area (Å²) in [4.78, 5) is 12.1. The minimum Gasteiger partial charge on any atom is -0.399 e. The molecule has 2 rings (SSSR count). The van der Waals surface area contributed by atoms with Gasteiger partial charge in [0.15, 0.2) is 0 Å². The zero-order chi connectivity index (χ0) is 16.8. The number of nitrogens with one attached hydrogen (secondary N) is 2. The number of hydrogen-bond acceptors (Lipinski definition) is 4. The van der Waals surface area contributed by atoms with E-state index < -0.39 is 5.91 Å². The smallest absolute Gasteiger partial charge is 0.267 e. The number of carbonyl (C=O) groups is 1. The molecule has 0 saturated heterocycles. The van der Waals surface area contributed by atoms with Gasteiger partial charge in [-0.25, -0.2) is 0 Å². The first-order valence-corrected chi connectivity index (χ1v) is 7.17. The SMILES string of the molecule is Cc1ccc(N/C=C(/C#N)C(=O)Nc2ccc(N)cc2)cc1Cl. The Morgan fingerprint density at radius 1 is 1.22 bits per heavy atom. The highest BCUT2D eigenvalue weighted by Gasteiger charge is 2.09. The number of benzene rings is 2. The van der Waals surface area contributed by atoms with E-state index in [0.29, 0.717) is 22.1 Å². The minimum atomic E-state index is -0.511. The summed E-state index contributed by atoms with van der Waals surface area (Å²) in [5.41, 5.74) is 8.31. The van der Waals surface area contributed by atoms with Crippen LogP contribution in [0.4, 0.5) is 17.1 Å². The second-order valence-corrected chi connectivity index (χ2v) is 5.26. The fraction of sp³-hybridized carbons (Fsp3) is 0.0588. The van der Waals surface area contributed by atoms with Crippen LogP contribution in [0, 0.1) is 18.3 Å². The fourth-order valence-electron chi connectivity index (χ4n) is 1.75. The monoisotopic (exact) mass is 326 g/mol. The molecule has 0 saturated carbocycles.